The quantitative estimate of drug-likeness (QED) is 0.253. The fraction of sp³-hybridized carbons (Fsp3) is 0.438. The predicted octanol–water partition coefficient (Wildman–Crippen LogP) is -2.34. The Labute approximate surface area is 166 Å². The summed E-state index contributed by atoms with van der Waals surface area (Å²) in [6.45, 7) is 3.33. The molecule has 1 saturated heterocycles. The maximum absolute atomic E-state index is 12.1. The van der Waals surface area contributed by atoms with E-state index in [1.165, 1.54) is 18.3 Å². The standard InChI is InChI=1S/C16H24N8O5/c1-6(2)9(14(27)28)21-12(25)8-4-3-7(5-19-8)20-16(29)22-10-11(17)23-15(18)24-13(10)26/h3-6,9-11,15,23H,17-18H2,1-2H3,(H,21,25)(H,24,26)(H,27,28)(H2,20,22,29)/t9-,10?,11?,15?/m0/s1. The van der Waals surface area contributed by atoms with Crippen LogP contribution in [0.25, 0.3) is 0 Å². The van der Waals surface area contributed by atoms with Crippen molar-refractivity contribution in [3.05, 3.63) is 24.0 Å². The molecule has 4 atom stereocenters. The van der Waals surface area contributed by atoms with Gasteiger partial charge in [0.05, 0.1) is 18.1 Å². The van der Waals surface area contributed by atoms with Crippen LogP contribution in [-0.2, 0) is 9.59 Å². The summed E-state index contributed by atoms with van der Waals surface area (Å²) in [6, 6.07) is -0.0919. The first-order valence-corrected chi connectivity index (χ1v) is 8.73. The molecular weight excluding hydrogens is 384 g/mol. The molecule has 29 heavy (non-hydrogen) atoms. The van der Waals surface area contributed by atoms with Crippen molar-refractivity contribution < 1.29 is 24.3 Å². The third kappa shape index (κ3) is 5.84. The number of pyridine rings is 1. The number of hydrogen-bond donors (Lipinski definition) is 8. The molecule has 1 aromatic rings. The van der Waals surface area contributed by atoms with Crippen LogP contribution in [0.1, 0.15) is 24.3 Å². The summed E-state index contributed by atoms with van der Waals surface area (Å²) in [5.41, 5.74) is 11.5. The molecule has 2 rings (SSSR count). The molecule has 0 saturated carbocycles. The Morgan fingerprint density at radius 2 is 1.93 bits per heavy atom. The van der Waals surface area contributed by atoms with Crippen LogP contribution in [0.15, 0.2) is 18.3 Å². The van der Waals surface area contributed by atoms with Gasteiger partial charge in [-0.1, -0.05) is 13.8 Å². The lowest BCUT2D eigenvalue weighted by molar-refractivity contribution is -0.140. The largest absolute Gasteiger partial charge is 0.480 e. The second-order valence-corrected chi connectivity index (χ2v) is 6.72. The highest BCUT2D eigenvalue weighted by Crippen LogP contribution is 2.08. The van der Waals surface area contributed by atoms with E-state index in [1.54, 1.807) is 13.8 Å². The van der Waals surface area contributed by atoms with E-state index in [9.17, 15) is 19.2 Å². The van der Waals surface area contributed by atoms with Crippen LogP contribution in [0.4, 0.5) is 10.5 Å². The number of nitrogens with one attached hydrogen (secondary N) is 5. The lowest BCUT2D eigenvalue weighted by atomic mass is 10.0. The van der Waals surface area contributed by atoms with Crippen LogP contribution < -0.4 is 38.1 Å². The van der Waals surface area contributed by atoms with Crippen LogP contribution in [0, 0.1) is 5.92 Å². The van der Waals surface area contributed by atoms with Crippen LogP contribution in [0.5, 0.6) is 0 Å². The van der Waals surface area contributed by atoms with Crippen molar-refractivity contribution in [3.63, 3.8) is 0 Å². The van der Waals surface area contributed by atoms with E-state index in [0.29, 0.717) is 0 Å². The van der Waals surface area contributed by atoms with Gasteiger partial charge in [-0.2, -0.15) is 0 Å². The van der Waals surface area contributed by atoms with Crippen LogP contribution in [-0.4, -0.2) is 58.4 Å². The fourth-order valence-corrected chi connectivity index (χ4v) is 2.55. The molecule has 0 radical (unpaired) electrons. The van der Waals surface area contributed by atoms with Gasteiger partial charge in [-0.05, 0) is 18.1 Å². The Hall–Kier alpha value is -3.29. The average molecular weight is 408 g/mol. The summed E-state index contributed by atoms with van der Waals surface area (Å²) in [4.78, 5) is 51.2. The van der Waals surface area contributed by atoms with Crippen molar-refractivity contribution in [2.45, 2.75) is 38.4 Å². The third-order valence-corrected chi connectivity index (χ3v) is 4.07. The van der Waals surface area contributed by atoms with Crippen molar-refractivity contribution in [1.29, 1.82) is 0 Å². The number of amides is 4. The zero-order chi connectivity index (χ0) is 21.7. The molecule has 3 unspecified atom stereocenters. The summed E-state index contributed by atoms with van der Waals surface area (Å²) >= 11 is 0. The average Bonchev–Trinajstić information content (AvgIpc) is 2.62. The third-order valence-electron chi connectivity index (χ3n) is 4.07. The molecule has 13 heteroatoms. The van der Waals surface area contributed by atoms with Crippen molar-refractivity contribution in [3.8, 4) is 0 Å². The molecule has 4 amide bonds. The number of urea groups is 1. The molecule has 1 aliphatic heterocycles. The van der Waals surface area contributed by atoms with E-state index < -0.39 is 48.4 Å². The number of carbonyl (C=O) groups is 4. The summed E-state index contributed by atoms with van der Waals surface area (Å²) in [6.07, 6.45) is -0.468. The van der Waals surface area contributed by atoms with Crippen molar-refractivity contribution in [1.82, 2.24) is 26.3 Å². The first-order valence-electron chi connectivity index (χ1n) is 8.73. The Balaban J connectivity index is 1.94. The number of nitrogens with two attached hydrogens (primary N) is 2. The molecule has 13 nitrogen and oxygen atoms in total. The minimum atomic E-state index is -1.15. The number of rotatable bonds is 6. The normalized spacial score (nSPS) is 22.4. The number of carboxylic acids is 1. The van der Waals surface area contributed by atoms with Crippen LogP contribution in [0.2, 0.25) is 0 Å². The van der Waals surface area contributed by atoms with Crippen LogP contribution in [0.3, 0.4) is 0 Å². The Morgan fingerprint density at radius 3 is 2.45 bits per heavy atom. The molecule has 0 bridgehead atoms. The molecule has 0 spiro atoms. The van der Waals surface area contributed by atoms with Gasteiger partial charge in [0.1, 0.15) is 24.1 Å². The molecule has 1 aromatic heterocycles. The molecule has 1 aliphatic rings. The first-order chi connectivity index (χ1) is 13.6. The number of carboxylic acid groups (broad SMARTS) is 1. The first kappa shape index (κ1) is 22.0. The summed E-state index contributed by atoms with van der Waals surface area (Å²) in [7, 11) is 0. The fourth-order valence-electron chi connectivity index (χ4n) is 2.55. The van der Waals surface area contributed by atoms with E-state index in [0.717, 1.165) is 0 Å². The second kappa shape index (κ2) is 9.27. The molecule has 1 fully saturated rings. The lowest BCUT2D eigenvalue weighted by Crippen LogP contribution is -2.73. The molecular formula is C16H24N8O5. The van der Waals surface area contributed by atoms with E-state index in [4.69, 9.17) is 16.6 Å². The van der Waals surface area contributed by atoms with Gasteiger partial charge in [-0.25, -0.2) is 14.6 Å². The second-order valence-electron chi connectivity index (χ2n) is 6.72. The summed E-state index contributed by atoms with van der Waals surface area (Å²) in [5, 5.41) is 21.4. The lowest BCUT2D eigenvalue weighted by Gasteiger charge is -2.33. The van der Waals surface area contributed by atoms with Gasteiger partial charge in [0.15, 0.2) is 0 Å². The van der Waals surface area contributed by atoms with Crippen LogP contribution >= 0.6 is 0 Å². The Kier molecular flexibility index (Phi) is 7.03. The van der Waals surface area contributed by atoms with E-state index >= 15 is 0 Å². The maximum Gasteiger partial charge on any atom is 0.326 e. The highest BCUT2D eigenvalue weighted by molar-refractivity contribution is 5.96. The van der Waals surface area contributed by atoms with Gasteiger partial charge >= 0.3 is 12.0 Å². The SMILES string of the molecule is CC(C)[C@H](NC(=O)c1ccc(NC(=O)NC2C(=O)NC(N)NC2N)cn1)C(=O)O. The van der Waals surface area contributed by atoms with Gasteiger partial charge in [-0.3, -0.25) is 20.6 Å². The number of aromatic nitrogens is 1. The highest BCUT2D eigenvalue weighted by atomic mass is 16.4. The highest BCUT2D eigenvalue weighted by Gasteiger charge is 2.33. The van der Waals surface area contributed by atoms with Gasteiger partial charge < -0.3 is 32.1 Å². The summed E-state index contributed by atoms with van der Waals surface area (Å²) < 4.78 is 0. The van der Waals surface area contributed by atoms with Gasteiger partial charge in [0.25, 0.3) is 5.91 Å². The van der Waals surface area contributed by atoms with Gasteiger partial charge in [0.2, 0.25) is 5.91 Å². The number of aliphatic carboxylic acids is 1. The number of anilines is 1. The Morgan fingerprint density at radius 1 is 1.24 bits per heavy atom. The van der Waals surface area contributed by atoms with Crippen molar-refractivity contribution >= 4 is 29.5 Å². The molecule has 2 heterocycles. The number of hydrogen-bond acceptors (Lipinski definition) is 8. The maximum atomic E-state index is 12.1. The topological polar surface area (TPSA) is 214 Å². The van der Waals surface area contributed by atoms with Crippen molar-refractivity contribution in [2.75, 3.05) is 5.32 Å². The molecule has 158 valence electrons. The Bertz CT molecular complexity index is 784. The van der Waals surface area contributed by atoms with E-state index in [-0.39, 0.29) is 17.3 Å². The van der Waals surface area contributed by atoms with Crippen molar-refractivity contribution in [2.24, 2.45) is 17.4 Å². The minimum absolute atomic E-state index is 0.0188. The zero-order valence-corrected chi connectivity index (χ0v) is 15.8. The zero-order valence-electron chi connectivity index (χ0n) is 15.8. The van der Waals surface area contributed by atoms with E-state index in [2.05, 4.69) is 31.6 Å². The monoisotopic (exact) mass is 408 g/mol. The van der Waals surface area contributed by atoms with Gasteiger partial charge in [0, 0.05) is 0 Å². The summed E-state index contributed by atoms with van der Waals surface area (Å²) in [5.74, 6) is -2.66. The number of carbonyl (C=O) groups excluding carboxylic acids is 3. The molecule has 0 aliphatic carbocycles. The number of nitrogens with zero attached hydrogens (tertiary/aromatic N) is 1. The minimum Gasteiger partial charge on any atom is -0.480 e. The smallest absolute Gasteiger partial charge is 0.326 e. The van der Waals surface area contributed by atoms with Gasteiger partial charge in [-0.15, -0.1) is 0 Å². The van der Waals surface area contributed by atoms with E-state index in [1.807, 2.05) is 0 Å². The molecule has 0 aromatic carbocycles. The molecule has 10 N–H and O–H groups in total. The predicted molar refractivity (Wildman–Crippen MR) is 101 cm³/mol.